The van der Waals surface area contributed by atoms with E-state index in [1.807, 2.05) is 49.4 Å². The molecule has 0 spiro atoms. The maximum Gasteiger partial charge on any atom is 0.412 e. The van der Waals surface area contributed by atoms with Crippen LogP contribution in [0.2, 0.25) is 0 Å². The summed E-state index contributed by atoms with van der Waals surface area (Å²) in [7, 11) is 0. The van der Waals surface area contributed by atoms with Gasteiger partial charge in [0.1, 0.15) is 5.69 Å². The first kappa shape index (κ1) is 25.0. The molecule has 6 nitrogen and oxygen atoms in total. The van der Waals surface area contributed by atoms with Crippen LogP contribution >= 0.6 is 0 Å². The number of benzene rings is 2. The van der Waals surface area contributed by atoms with Gasteiger partial charge in [0.25, 0.3) is 5.91 Å². The molecule has 2 aromatic carbocycles. The summed E-state index contributed by atoms with van der Waals surface area (Å²) in [6, 6.07) is 15.7. The van der Waals surface area contributed by atoms with Gasteiger partial charge < -0.3 is 14.9 Å². The summed E-state index contributed by atoms with van der Waals surface area (Å²) in [5.41, 5.74) is 2.15. The lowest BCUT2D eigenvalue weighted by Crippen LogP contribution is -2.35. The summed E-state index contributed by atoms with van der Waals surface area (Å²) in [6.07, 6.45) is -1.63. The summed E-state index contributed by atoms with van der Waals surface area (Å²) >= 11 is 0. The van der Waals surface area contributed by atoms with Crippen LogP contribution in [0.3, 0.4) is 0 Å². The van der Waals surface area contributed by atoms with E-state index in [-0.39, 0.29) is 23.8 Å². The molecule has 0 bridgehead atoms. The first-order chi connectivity index (χ1) is 17.1. The summed E-state index contributed by atoms with van der Waals surface area (Å²) < 4.78 is 45.9. The van der Waals surface area contributed by atoms with E-state index in [4.69, 9.17) is 4.42 Å². The Morgan fingerprint density at radius 2 is 1.78 bits per heavy atom. The van der Waals surface area contributed by atoms with E-state index < -0.39 is 30.1 Å². The Hall–Kier alpha value is -4.14. The Kier molecular flexibility index (Phi) is 7.10. The number of hydrogen-bond donors (Lipinski definition) is 1. The molecule has 186 valence electrons. The molecule has 4 rings (SSSR count). The Bertz CT molecular complexity index is 1340. The van der Waals surface area contributed by atoms with Crippen molar-refractivity contribution >= 4 is 12.1 Å². The van der Waals surface area contributed by atoms with Crippen molar-refractivity contribution in [2.75, 3.05) is 6.54 Å². The summed E-state index contributed by atoms with van der Waals surface area (Å²) in [5, 5.41) is 14.8. The highest BCUT2D eigenvalue weighted by molar-refractivity contribution is 5.98. The zero-order chi connectivity index (χ0) is 25.9. The fraction of sp³-hybridized carbons (Fsp3) is 0.222. The molecule has 36 heavy (non-hydrogen) atoms. The third-order valence-corrected chi connectivity index (χ3v) is 5.76. The molecule has 0 radical (unpaired) electrons. The van der Waals surface area contributed by atoms with E-state index in [0.717, 1.165) is 11.6 Å². The molecule has 3 aromatic rings. The molecule has 1 atom stereocenters. The van der Waals surface area contributed by atoms with Gasteiger partial charge in [-0.2, -0.15) is 13.2 Å². The van der Waals surface area contributed by atoms with E-state index in [2.05, 4.69) is 10.3 Å². The molecule has 1 N–H and O–H groups in total. The van der Waals surface area contributed by atoms with Crippen LogP contribution in [0.15, 0.2) is 82.3 Å². The minimum absolute atomic E-state index is 0.0411. The topological polar surface area (TPSA) is 81.2 Å². The van der Waals surface area contributed by atoms with Crippen molar-refractivity contribution in [3.63, 3.8) is 0 Å². The molecule has 0 unspecified atom stereocenters. The Balaban J connectivity index is 1.67. The van der Waals surface area contributed by atoms with Gasteiger partial charge in [0.05, 0.1) is 6.04 Å². The lowest BCUT2D eigenvalue weighted by molar-refractivity contribution is -0.452. The molecule has 1 amide bonds. The molecule has 0 fully saturated rings. The first-order valence-electron chi connectivity index (χ1n) is 11.3. The minimum atomic E-state index is -4.54. The van der Waals surface area contributed by atoms with Gasteiger partial charge in [0.15, 0.2) is 12.8 Å². The number of alkyl halides is 3. The van der Waals surface area contributed by atoms with Crippen molar-refractivity contribution in [2.45, 2.75) is 32.5 Å². The molecule has 0 aliphatic carbocycles. The second-order valence-corrected chi connectivity index (χ2v) is 8.50. The smallest absolute Gasteiger partial charge is 0.412 e. The van der Waals surface area contributed by atoms with Crippen LogP contribution in [0, 0.1) is 12.1 Å². The molecule has 0 saturated heterocycles. The van der Waals surface area contributed by atoms with Crippen LogP contribution in [-0.2, 0) is 0 Å². The third kappa shape index (κ3) is 5.73. The fourth-order valence-electron chi connectivity index (χ4n) is 3.71. The minimum Gasteiger partial charge on any atom is -0.624 e. The highest BCUT2D eigenvalue weighted by atomic mass is 19.4. The van der Waals surface area contributed by atoms with Gasteiger partial charge >= 0.3 is 6.18 Å². The standard InChI is InChI=1S/C27H24F3N3O3/c1-17-8-10-20(11-9-17)26-32-23(19-6-4-3-5-7-19)24(36-26)25(34)31-18(2)21-12-13-22(27(28,29)30)14-15-33(35)16-21/h3-13,16,18H,14-15H2,1-2H3,(H,31,34)/t18-/m1/s1. The molecule has 1 aliphatic heterocycles. The average molecular weight is 496 g/mol. The Morgan fingerprint density at radius 1 is 1.08 bits per heavy atom. The molecule has 0 saturated carbocycles. The zero-order valence-corrected chi connectivity index (χ0v) is 19.7. The number of nitrogens with zero attached hydrogens (tertiary/aromatic N) is 2. The van der Waals surface area contributed by atoms with E-state index in [0.29, 0.717) is 21.6 Å². The van der Waals surface area contributed by atoms with Crippen LogP contribution in [0.1, 0.15) is 29.5 Å². The number of nitrogens with one attached hydrogen (secondary N) is 1. The SMILES string of the molecule is Cc1ccc(-c2nc(-c3ccccc3)c(C(=O)N[C@H](C)C3=CC=C(C(F)(F)F)CC[N+]([O-])=C3)o2)cc1. The van der Waals surface area contributed by atoms with E-state index in [9.17, 15) is 23.2 Å². The number of amides is 1. The number of rotatable bonds is 5. The van der Waals surface area contributed by atoms with Crippen molar-refractivity contribution < 1.29 is 27.1 Å². The predicted molar refractivity (Wildman–Crippen MR) is 130 cm³/mol. The van der Waals surface area contributed by atoms with E-state index in [1.54, 1.807) is 19.1 Å². The monoisotopic (exact) mass is 495 g/mol. The number of oxazole rings is 1. The van der Waals surface area contributed by atoms with Crippen molar-refractivity contribution in [1.82, 2.24) is 10.3 Å². The van der Waals surface area contributed by atoms with Crippen LogP contribution in [0.5, 0.6) is 0 Å². The van der Waals surface area contributed by atoms with Crippen molar-refractivity contribution in [1.29, 1.82) is 0 Å². The number of carbonyl (C=O) groups excluding carboxylic acids is 1. The number of aromatic nitrogens is 1. The van der Waals surface area contributed by atoms with Crippen LogP contribution < -0.4 is 5.32 Å². The fourth-order valence-corrected chi connectivity index (χ4v) is 3.71. The summed E-state index contributed by atoms with van der Waals surface area (Å²) in [4.78, 5) is 17.8. The second kappa shape index (κ2) is 10.2. The van der Waals surface area contributed by atoms with Crippen LogP contribution in [-0.4, -0.2) is 40.6 Å². The van der Waals surface area contributed by atoms with Gasteiger partial charge in [-0.05, 0) is 26.0 Å². The van der Waals surface area contributed by atoms with Gasteiger partial charge in [-0.25, -0.2) is 9.72 Å². The van der Waals surface area contributed by atoms with Crippen LogP contribution in [0.4, 0.5) is 13.2 Å². The lowest BCUT2D eigenvalue weighted by atomic mass is 10.0. The zero-order valence-electron chi connectivity index (χ0n) is 19.7. The molecule has 2 heterocycles. The van der Waals surface area contributed by atoms with Gasteiger partial charge in [0.2, 0.25) is 11.7 Å². The number of hydrogen-bond acceptors (Lipinski definition) is 4. The number of halogens is 3. The maximum atomic E-state index is 13.3. The lowest BCUT2D eigenvalue weighted by Gasteiger charge is -2.17. The van der Waals surface area contributed by atoms with Crippen molar-refractivity contribution in [2.24, 2.45) is 0 Å². The van der Waals surface area contributed by atoms with Crippen molar-refractivity contribution in [3.8, 4) is 22.7 Å². The second-order valence-electron chi connectivity index (χ2n) is 8.50. The number of carbonyl (C=O) groups is 1. The number of aryl methyl sites for hydroxylation is 1. The molecular weight excluding hydrogens is 471 g/mol. The third-order valence-electron chi connectivity index (χ3n) is 5.76. The molecule has 9 heteroatoms. The number of allylic oxidation sites excluding steroid dienone is 2. The normalized spacial score (nSPS) is 15.2. The quantitative estimate of drug-likeness (QED) is 0.356. The van der Waals surface area contributed by atoms with Gasteiger partial charge in [-0.3, -0.25) is 4.79 Å². The summed E-state index contributed by atoms with van der Waals surface area (Å²) in [6.45, 7) is 3.19. The average Bonchev–Trinajstić information content (AvgIpc) is 3.27. The molecular formula is C27H24F3N3O3. The summed E-state index contributed by atoms with van der Waals surface area (Å²) in [5.74, 6) is -0.395. The number of hydroxylamine groups is 1. The Labute approximate surface area is 206 Å². The highest BCUT2D eigenvalue weighted by Gasteiger charge is 2.34. The maximum absolute atomic E-state index is 13.3. The van der Waals surface area contributed by atoms with Crippen LogP contribution in [0.25, 0.3) is 22.7 Å². The molecule has 1 aliphatic rings. The molecule has 1 aromatic heterocycles. The van der Waals surface area contributed by atoms with Gasteiger partial charge in [-0.1, -0.05) is 60.2 Å². The van der Waals surface area contributed by atoms with E-state index >= 15 is 0 Å². The first-order valence-corrected chi connectivity index (χ1v) is 11.3. The Morgan fingerprint density at radius 3 is 2.44 bits per heavy atom. The predicted octanol–water partition coefficient (Wildman–Crippen LogP) is 5.84. The van der Waals surface area contributed by atoms with Gasteiger partial charge in [-0.15, -0.1) is 0 Å². The van der Waals surface area contributed by atoms with Gasteiger partial charge in [0, 0.05) is 28.7 Å². The van der Waals surface area contributed by atoms with Crippen molar-refractivity contribution in [3.05, 3.63) is 94.4 Å². The largest absolute Gasteiger partial charge is 0.624 e. The van der Waals surface area contributed by atoms with E-state index in [1.165, 1.54) is 12.3 Å². The highest BCUT2D eigenvalue weighted by Crippen LogP contribution is 2.30.